The summed E-state index contributed by atoms with van der Waals surface area (Å²) < 4.78 is 12.0. The van der Waals surface area contributed by atoms with Crippen molar-refractivity contribution >= 4 is 15.9 Å². The van der Waals surface area contributed by atoms with Gasteiger partial charge in [0.25, 0.3) is 0 Å². The van der Waals surface area contributed by atoms with Crippen LogP contribution in [0.15, 0.2) is 16.6 Å². The predicted molar refractivity (Wildman–Crippen MR) is 89.0 cm³/mol. The van der Waals surface area contributed by atoms with Crippen molar-refractivity contribution in [2.75, 3.05) is 20.3 Å². The molecule has 21 heavy (non-hydrogen) atoms. The number of methoxy groups -OCH3 is 1. The Morgan fingerprint density at radius 3 is 2.57 bits per heavy atom. The first-order chi connectivity index (χ1) is 9.81. The van der Waals surface area contributed by atoms with Gasteiger partial charge in [0.05, 0.1) is 17.2 Å². The molecule has 2 N–H and O–H groups in total. The van der Waals surface area contributed by atoms with Crippen molar-refractivity contribution in [2.24, 2.45) is 5.92 Å². The summed E-state index contributed by atoms with van der Waals surface area (Å²) in [5.41, 5.74) is 0.232. The van der Waals surface area contributed by atoms with Gasteiger partial charge in [-0.25, -0.2) is 0 Å². The fraction of sp³-hybridized carbons (Fsp3) is 0.625. The molecule has 0 saturated carbocycles. The lowest BCUT2D eigenvalue weighted by Crippen LogP contribution is -2.37. The zero-order valence-corrected chi connectivity index (χ0v) is 15.1. The van der Waals surface area contributed by atoms with E-state index in [9.17, 15) is 5.11 Å². The van der Waals surface area contributed by atoms with E-state index in [0.717, 1.165) is 23.1 Å². The Balaban J connectivity index is 2.91. The lowest BCUT2D eigenvalue weighted by molar-refractivity contribution is -0.0273. The lowest BCUT2D eigenvalue weighted by atomic mass is 9.94. The van der Waals surface area contributed by atoms with Gasteiger partial charge in [0, 0.05) is 6.54 Å². The lowest BCUT2D eigenvalue weighted by Gasteiger charge is -2.28. The molecular weight excluding hydrogens is 334 g/mol. The van der Waals surface area contributed by atoms with E-state index in [1.54, 1.807) is 14.0 Å². The smallest absolute Gasteiger partial charge is 0.175 e. The molecule has 120 valence electrons. The fourth-order valence-corrected chi connectivity index (χ4v) is 2.27. The highest BCUT2D eigenvalue weighted by atomic mass is 79.9. The number of hydrogen-bond acceptors (Lipinski definition) is 4. The van der Waals surface area contributed by atoms with E-state index in [1.165, 1.54) is 0 Å². The van der Waals surface area contributed by atoms with Crippen LogP contribution in [0.1, 0.15) is 33.3 Å². The topological polar surface area (TPSA) is 50.7 Å². The Labute approximate surface area is 136 Å². The minimum Gasteiger partial charge on any atom is -0.493 e. The third-order valence-electron chi connectivity index (χ3n) is 3.62. The Kier molecular flexibility index (Phi) is 6.97. The molecular formula is C16H26BrNO3. The van der Waals surface area contributed by atoms with Crippen LogP contribution in [0, 0.1) is 5.92 Å². The van der Waals surface area contributed by atoms with Gasteiger partial charge in [-0.2, -0.15) is 0 Å². The van der Waals surface area contributed by atoms with E-state index in [4.69, 9.17) is 9.47 Å². The van der Waals surface area contributed by atoms with Gasteiger partial charge in [0.1, 0.15) is 6.61 Å². The van der Waals surface area contributed by atoms with Crippen molar-refractivity contribution in [2.45, 2.75) is 39.8 Å². The van der Waals surface area contributed by atoms with Gasteiger partial charge < -0.3 is 19.9 Å². The minimum atomic E-state index is -0.882. The summed E-state index contributed by atoms with van der Waals surface area (Å²) in [4.78, 5) is 0. The highest BCUT2D eigenvalue weighted by Gasteiger charge is 2.27. The van der Waals surface area contributed by atoms with Crippen LogP contribution >= 0.6 is 15.9 Å². The van der Waals surface area contributed by atoms with E-state index in [0.29, 0.717) is 11.5 Å². The fourth-order valence-electron chi connectivity index (χ4n) is 1.67. The van der Waals surface area contributed by atoms with Crippen molar-refractivity contribution in [1.82, 2.24) is 5.32 Å². The standard InChI is InChI=1S/C16H26BrNO3/c1-6-18-9-12-7-13(17)15(14(8-12)20-5)21-10-16(4,19)11(2)3/h7-8,11,18-19H,6,9-10H2,1-5H3. The second-order valence-corrected chi connectivity index (χ2v) is 6.54. The molecule has 1 aromatic rings. The van der Waals surface area contributed by atoms with Crippen molar-refractivity contribution in [1.29, 1.82) is 0 Å². The molecule has 0 bridgehead atoms. The molecule has 1 unspecified atom stereocenters. The van der Waals surface area contributed by atoms with Gasteiger partial charge in [0.2, 0.25) is 0 Å². The summed E-state index contributed by atoms with van der Waals surface area (Å²) in [7, 11) is 1.62. The molecule has 0 saturated heterocycles. The number of nitrogens with one attached hydrogen (secondary N) is 1. The zero-order valence-electron chi connectivity index (χ0n) is 13.5. The average molecular weight is 360 g/mol. The summed E-state index contributed by atoms with van der Waals surface area (Å²) >= 11 is 3.52. The van der Waals surface area contributed by atoms with E-state index in [-0.39, 0.29) is 12.5 Å². The maximum Gasteiger partial charge on any atom is 0.175 e. The van der Waals surface area contributed by atoms with Crippen molar-refractivity contribution < 1.29 is 14.6 Å². The largest absolute Gasteiger partial charge is 0.493 e. The van der Waals surface area contributed by atoms with Gasteiger partial charge in [-0.05, 0) is 53.0 Å². The number of aliphatic hydroxyl groups is 1. The van der Waals surface area contributed by atoms with E-state index >= 15 is 0 Å². The average Bonchev–Trinajstić information content (AvgIpc) is 2.43. The van der Waals surface area contributed by atoms with Gasteiger partial charge in [0.15, 0.2) is 11.5 Å². The Hall–Kier alpha value is -0.780. The van der Waals surface area contributed by atoms with Gasteiger partial charge in [-0.1, -0.05) is 20.8 Å². The van der Waals surface area contributed by atoms with Gasteiger partial charge in [-0.3, -0.25) is 0 Å². The second-order valence-electron chi connectivity index (χ2n) is 5.69. The summed E-state index contributed by atoms with van der Waals surface area (Å²) in [6, 6.07) is 3.96. The second kappa shape index (κ2) is 8.01. The normalized spacial score (nSPS) is 14.1. The zero-order chi connectivity index (χ0) is 16.0. The van der Waals surface area contributed by atoms with Crippen LogP contribution in [0.5, 0.6) is 11.5 Å². The molecule has 1 atom stereocenters. The molecule has 0 aromatic heterocycles. The predicted octanol–water partition coefficient (Wildman–Crippen LogP) is 3.35. The molecule has 5 heteroatoms. The molecule has 1 aromatic carbocycles. The Bertz CT molecular complexity index is 461. The Morgan fingerprint density at radius 1 is 1.38 bits per heavy atom. The summed E-state index contributed by atoms with van der Waals surface area (Å²) in [6.07, 6.45) is 0. The molecule has 1 rings (SSSR count). The number of benzene rings is 1. The SMILES string of the molecule is CCNCc1cc(Br)c(OCC(C)(O)C(C)C)c(OC)c1. The molecule has 0 aliphatic heterocycles. The van der Waals surface area contributed by atoms with Crippen LogP contribution < -0.4 is 14.8 Å². The van der Waals surface area contributed by atoms with Gasteiger partial charge in [-0.15, -0.1) is 0 Å². The summed E-state index contributed by atoms with van der Waals surface area (Å²) in [6.45, 7) is 9.68. The van der Waals surface area contributed by atoms with Crippen LogP contribution in [0.25, 0.3) is 0 Å². The highest BCUT2D eigenvalue weighted by Crippen LogP contribution is 2.37. The number of hydrogen-bond donors (Lipinski definition) is 2. The van der Waals surface area contributed by atoms with Crippen molar-refractivity contribution in [3.63, 3.8) is 0 Å². The quantitative estimate of drug-likeness (QED) is 0.747. The Morgan fingerprint density at radius 2 is 2.05 bits per heavy atom. The molecule has 0 aliphatic rings. The van der Waals surface area contributed by atoms with Crippen LogP contribution in [0.4, 0.5) is 0 Å². The van der Waals surface area contributed by atoms with Gasteiger partial charge >= 0.3 is 0 Å². The molecule has 0 spiro atoms. The molecule has 0 fully saturated rings. The van der Waals surface area contributed by atoms with Crippen molar-refractivity contribution in [3.05, 3.63) is 22.2 Å². The molecule has 0 heterocycles. The maximum absolute atomic E-state index is 10.3. The van der Waals surface area contributed by atoms with Crippen LogP contribution in [0.3, 0.4) is 0 Å². The third kappa shape index (κ3) is 5.16. The highest BCUT2D eigenvalue weighted by molar-refractivity contribution is 9.10. The minimum absolute atomic E-state index is 0.107. The van der Waals surface area contributed by atoms with Crippen LogP contribution in [-0.4, -0.2) is 31.0 Å². The molecule has 0 aliphatic carbocycles. The van der Waals surface area contributed by atoms with Crippen LogP contribution in [0.2, 0.25) is 0 Å². The van der Waals surface area contributed by atoms with E-state index in [1.807, 2.05) is 26.0 Å². The first kappa shape index (κ1) is 18.3. The number of rotatable bonds is 8. The summed E-state index contributed by atoms with van der Waals surface area (Å²) in [5.74, 6) is 1.39. The third-order valence-corrected chi connectivity index (χ3v) is 4.21. The number of ether oxygens (including phenoxy) is 2. The summed E-state index contributed by atoms with van der Waals surface area (Å²) in [5, 5.41) is 13.6. The first-order valence-electron chi connectivity index (χ1n) is 7.24. The van der Waals surface area contributed by atoms with Crippen LogP contribution in [-0.2, 0) is 6.54 Å². The maximum atomic E-state index is 10.3. The van der Waals surface area contributed by atoms with E-state index in [2.05, 4.69) is 28.2 Å². The first-order valence-corrected chi connectivity index (χ1v) is 8.03. The molecule has 0 amide bonds. The number of halogens is 1. The van der Waals surface area contributed by atoms with Crippen molar-refractivity contribution in [3.8, 4) is 11.5 Å². The molecule has 4 nitrogen and oxygen atoms in total. The van der Waals surface area contributed by atoms with E-state index < -0.39 is 5.60 Å². The monoisotopic (exact) mass is 359 g/mol. The molecule has 0 radical (unpaired) electrons.